The molecule has 1 amide bonds. The Morgan fingerprint density at radius 2 is 1.96 bits per heavy atom. The molecule has 0 spiro atoms. The zero-order valence-corrected chi connectivity index (χ0v) is 14.7. The first kappa shape index (κ1) is 20.8. The fourth-order valence-electron chi connectivity index (χ4n) is 2.15. The van der Waals surface area contributed by atoms with Gasteiger partial charge in [0.1, 0.15) is 6.61 Å². The molecule has 0 saturated heterocycles. The number of anilines is 2. The highest BCUT2D eigenvalue weighted by Crippen LogP contribution is 2.30. The number of terminal acetylenes is 1. The molecular formula is C19H17F3N4O2. The summed E-state index contributed by atoms with van der Waals surface area (Å²) < 4.78 is 43.5. The number of amides is 1. The minimum absolute atomic E-state index is 0.0850. The van der Waals surface area contributed by atoms with Gasteiger partial charge in [0.05, 0.1) is 18.7 Å². The van der Waals surface area contributed by atoms with Gasteiger partial charge >= 0.3 is 6.18 Å². The van der Waals surface area contributed by atoms with Gasteiger partial charge in [0.2, 0.25) is 5.91 Å². The number of hydrogen-bond acceptors (Lipinski definition) is 5. The van der Waals surface area contributed by atoms with E-state index in [9.17, 15) is 18.0 Å². The molecule has 28 heavy (non-hydrogen) atoms. The molecule has 1 heterocycles. The number of halogens is 3. The number of alkyl halides is 3. The monoisotopic (exact) mass is 390 g/mol. The van der Waals surface area contributed by atoms with Crippen molar-refractivity contribution >= 4 is 17.4 Å². The Hall–Kier alpha value is -3.54. The molecular weight excluding hydrogens is 373 g/mol. The first-order valence-electron chi connectivity index (χ1n) is 8.08. The molecule has 146 valence electrons. The average molecular weight is 390 g/mol. The van der Waals surface area contributed by atoms with Gasteiger partial charge in [-0.3, -0.25) is 4.79 Å². The van der Waals surface area contributed by atoms with E-state index >= 15 is 0 Å². The summed E-state index contributed by atoms with van der Waals surface area (Å²) in [6, 6.07) is 4.47. The Morgan fingerprint density at radius 1 is 1.29 bits per heavy atom. The number of rotatable bonds is 8. The van der Waals surface area contributed by atoms with Gasteiger partial charge in [-0.15, -0.1) is 6.42 Å². The molecule has 0 fully saturated rings. The Morgan fingerprint density at radius 3 is 2.57 bits per heavy atom. The fraction of sp³-hybridized carbons (Fsp3) is 0.211. The van der Waals surface area contributed by atoms with Crippen molar-refractivity contribution in [3.05, 3.63) is 54.9 Å². The van der Waals surface area contributed by atoms with Crippen LogP contribution in [-0.2, 0) is 11.0 Å². The molecule has 0 aliphatic carbocycles. The Bertz CT molecular complexity index is 861. The summed E-state index contributed by atoms with van der Waals surface area (Å²) in [7, 11) is 0. The van der Waals surface area contributed by atoms with Crippen molar-refractivity contribution in [2.45, 2.75) is 6.18 Å². The number of hydrogen-bond donors (Lipinski definition) is 1. The van der Waals surface area contributed by atoms with E-state index in [1.165, 1.54) is 29.4 Å². The topological polar surface area (TPSA) is 67.3 Å². The van der Waals surface area contributed by atoms with Crippen LogP contribution in [0.15, 0.2) is 49.3 Å². The van der Waals surface area contributed by atoms with Gasteiger partial charge in [-0.05, 0) is 30.3 Å². The van der Waals surface area contributed by atoms with Gasteiger partial charge in [-0.2, -0.15) is 13.2 Å². The van der Waals surface area contributed by atoms with E-state index in [0.717, 1.165) is 18.2 Å². The van der Waals surface area contributed by atoms with Crippen molar-refractivity contribution in [1.29, 1.82) is 0 Å². The van der Waals surface area contributed by atoms with Crippen molar-refractivity contribution in [2.75, 3.05) is 25.0 Å². The van der Waals surface area contributed by atoms with Crippen molar-refractivity contribution in [3.63, 3.8) is 0 Å². The van der Waals surface area contributed by atoms with Crippen LogP contribution in [0.2, 0.25) is 0 Å². The number of nitrogens with zero attached hydrogens (tertiary/aromatic N) is 3. The first-order chi connectivity index (χ1) is 13.3. The van der Waals surface area contributed by atoms with Crippen LogP contribution in [-0.4, -0.2) is 40.5 Å². The number of carbonyl (C=O) groups is 1. The molecule has 1 N–H and O–H groups in total. The smallest absolute Gasteiger partial charge is 0.416 e. The SMILES string of the molecule is C#CCN(CCOc1nccnc1Nc1ccc(C(F)(F)F)cc1)C(=O)C=C. The molecule has 0 atom stereocenters. The summed E-state index contributed by atoms with van der Waals surface area (Å²) in [5.41, 5.74) is -0.372. The zero-order chi connectivity index (χ0) is 20.6. The number of benzene rings is 1. The number of nitrogens with one attached hydrogen (secondary N) is 1. The lowest BCUT2D eigenvalue weighted by atomic mass is 10.2. The van der Waals surface area contributed by atoms with Crippen LogP contribution in [0.3, 0.4) is 0 Å². The second-order valence-electron chi connectivity index (χ2n) is 5.43. The second kappa shape index (κ2) is 9.41. The third kappa shape index (κ3) is 5.74. The van der Waals surface area contributed by atoms with E-state index < -0.39 is 11.7 Å². The van der Waals surface area contributed by atoms with Gasteiger partial charge in [0, 0.05) is 18.1 Å². The van der Waals surface area contributed by atoms with E-state index in [2.05, 4.69) is 27.8 Å². The predicted molar refractivity (Wildman–Crippen MR) is 97.9 cm³/mol. The van der Waals surface area contributed by atoms with E-state index in [-0.39, 0.29) is 37.3 Å². The molecule has 9 heteroatoms. The van der Waals surface area contributed by atoms with E-state index in [4.69, 9.17) is 11.2 Å². The normalized spacial score (nSPS) is 10.6. The Labute approximate surface area is 160 Å². The summed E-state index contributed by atoms with van der Waals surface area (Å²) >= 11 is 0. The number of carbonyl (C=O) groups excluding carboxylic acids is 1. The molecule has 1 aromatic heterocycles. The lowest BCUT2D eigenvalue weighted by Crippen LogP contribution is -2.33. The van der Waals surface area contributed by atoms with Crippen LogP contribution in [0.25, 0.3) is 0 Å². The Balaban J connectivity index is 2.03. The Kier molecular flexibility index (Phi) is 6.98. The summed E-state index contributed by atoms with van der Waals surface area (Å²) in [6.07, 6.45) is 4.78. The second-order valence-corrected chi connectivity index (χ2v) is 5.43. The molecule has 0 aliphatic rings. The van der Waals surface area contributed by atoms with Crippen LogP contribution >= 0.6 is 0 Å². The van der Waals surface area contributed by atoms with Crippen LogP contribution < -0.4 is 10.1 Å². The summed E-state index contributed by atoms with van der Waals surface area (Å²) in [5.74, 6) is 2.40. The number of ether oxygens (including phenoxy) is 1. The quantitative estimate of drug-likeness (QED) is 0.554. The first-order valence-corrected chi connectivity index (χ1v) is 8.08. The summed E-state index contributed by atoms with van der Waals surface area (Å²) in [6.45, 7) is 3.80. The standard InChI is InChI=1S/C19H17F3N4O2/c1-3-11-26(16(27)4-2)12-13-28-18-17(23-9-10-24-18)25-15-7-5-14(6-8-15)19(20,21)22/h1,4-10H,2,11-13H2,(H,23,25). The average Bonchev–Trinajstić information content (AvgIpc) is 2.67. The van der Waals surface area contributed by atoms with Crippen LogP contribution in [0.5, 0.6) is 5.88 Å². The molecule has 0 unspecified atom stereocenters. The molecule has 0 saturated carbocycles. The van der Waals surface area contributed by atoms with Crippen molar-refractivity contribution in [2.24, 2.45) is 0 Å². The highest BCUT2D eigenvalue weighted by atomic mass is 19.4. The highest BCUT2D eigenvalue weighted by Gasteiger charge is 2.30. The lowest BCUT2D eigenvalue weighted by Gasteiger charge is -2.18. The molecule has 2 rings (SSSR count). The molecule has 0 bridgehead atoms. The summed E-state index contributed by atoms with van der Waals surface area (Å²) in [4.78, 5) is 21.2. The molecule has 6 nitrogen and oxygen atoms in total. The van der Waals surface area contributed by atoms with Gasteiger partial charge < -0.3 is 15.0 Å². The van der Waals surface area contributed by atoms with Gasteiger partial charge in [0.15, 0.2) is 5.82 Å². The fourth-order valence-corrected chi connectivity index (χ4v) is 2.15. The van der Waals surface area contributed by atoms with E-state index in [0.29, 0.717) is 5.69 Å². The maximum absolute atomic E-state index is 12.6. The van der Waals surface area contributed by atoms with Crippen LogP contribution in [0.1, 0.15) is 5.56 Å². The maximum atomic E-state index is 12.6. The van der Waals surface area contributed by atoms with Crippen molar-refractivity contribution < 1.29 is 22.7 Å². The molecule has 2 aromatic rings. The molecule has 0 radical (unpaired) electrons. The van der Waals surface area contributed by atoms with Gasteiger partial charge in [-0.1, -0.05) is 12.5 Å². The lowest BCUT2D eigenvalue weighted by molar-refractivity contribution is -0.137. The number of aromatic nitrogens is 2. The van der Waals surface area contributed by atoms with Gasteiger partial charge in [0.25, 0.3) is 5.88 Å². The highest BCUT2D eigenvalue weighted by molar-refractivity contribution is 5.87. The zero-order valence-electron chi connectivity index (χ0n) is 14.7. The van der Waals surface area contributed by atoms with Crippen LogP contribution in [0.4, 0.5) is 24.7 Å². The third-order valence-electron chi connectivity index (χ3n) is 3.51. The minimum atomic E-state index is -4.41. The molecule has 1 aromatic carbocycles. The maximum Gasteiger partial charge on any atom is 0.416 e. The largest absolute Gasteiger partial charge is 0.473 e. The minimum Gasteiger partial charge on any atom is -0.473 e. The van der Waals surface area contributed by atoms with Crippen molar-refractivity contribution in [1.82, 2.24) is 14.9 Å². The molecule has 0 aliphatic heterocycles. The van der Waals surface area contributed by atoms with Crippen molar-refractivity contribution in [3.8, 4) is 18.2 Å². The van der Waals surface area contributed by atoms with E-state index in [1.54, 1.807) is 0 Å². The predicted octanol–water partition coefficient (Wildman–Crippen LogP) is 3.27. The summed E-state index contributed by atoms with van der Waals surface area (Å²) in [5, 5.41) is 2.85. The third-order valence-corrected chi connectivity index (χ3v) is 3.51. The van der Waals surface area contributed by atoms with E-state index in [1.807, 2.05) is 0 Å². The van der Waals surface area contributed by atoms with Gasteiger partial charge in [-0.25, -0.2) is 9.97 Å². The van der Waals surface area contributed by atoms with Crippen LogP contribution in [0, 0.1) is 12.3 Å².